The topological polar surface area (TPSA) is 178 Å². The fourth-order valence-corrected chi connectivity index (χ4v) is 14.2. The molecule has 17 unspecified atom stereocenters. The van der Waals surface area contributed by atoms with Crippen molar-refractivity contribution in [3.05, 3.63) is 47.5 Å². The summed E-state index contributed by atoms with van der Waals surface area (Å²) in [5, 5.41) is 64.7. The summed E-state index contributed by atoms with van der Waals surface area (Å²) in [7, 11) is 1.67. The molecule has 0 radical (unpaired) electrons. The van der Waals surface area contributed by atoms with Crippen molar-refractivity contribution in [2.24, 2.45) is 45.8 Å². The van der Waals surface area contributed by atoms with Gasteiger partial charge in [0.25, 0.3) is 0 Å². The Balaban J connectivity index is 1.12. The molecule has 5 heterocycles. The average Bonchev–Trinajstić information content (AvgIpc) is 3.80. The number of methoxy groups -OCH3 is 1. The van der Waals surface area contributed by atoms with Crippen LogP contribution in [-0.2, 0) is 30.2 Å². The third kappa shape index (κ3) is 6.35. The molecule has 9 aliphatic rings. The van der Waals surface area contributed by atoms with Gasteiger partial charge in [0, 0.05) is 63.1 Å². The normalized spacial score (nSPS) is 48.0. The molecule has 10 rings (SSSR count). The van der Waals surface area contributed by atoms with E-state index in [0.717, 1.165) is 18.4 Å². The Labute approximate surface area is 354 Å². The molecule has 17 atom stereocenters. The summed E-state index contributed by atoms with van der Waals surface area (Å²) in [6, 6.07) is 9.13. The molecular formula is C48H66N2O10. The molecule has 328 valence electrons. The maximum Gasteiger partial charge on any atom is 0.240 e. The van der Waals surface area contributed by atoms with E-state index in [1.807, 2.05) is 42.2 Å². The van der Waals surface area contributed by atoms with Gasteiger partial charge in [0.2, 0.25) is 5.91 Å². The van der Waals surface area contributed by atoms with Gasteiger partial charge < -0.3 is 44.6 Å². The summed E-state index contributed by atoms with van der Waals surface area (Å²) in [4.78, 5) is 30.9. The van der Waals surface area contributed by atoms with Crippen LogP contribution in [-0.4, -0.2) is 130 Å². The number of amides is 1. The van der Waals surface area contributed by atoms with E-state index in [1.54, 1.807) is 20.1 Å². The summed E-state index contributed by atoms with van der Waals surface area (Å²) < 4.78 is 18.1. The molecule has 1 aromatic carbocycles. The second-order valence-corrected chi connectivity index (χ2v) is 20.4. The lowest BCUT2D eigenvalue weighted by Crippen LogP contribution is -2.66. The molecule has 1 amide bonds. The van der Waals surface area contributed by atoms with E-state index in [9.17, 15) is 35.1 Å². The Bertz CT molecular complexity index is 1910. The Morgan fingerprint density at radius 1 is 0.967 bits per heavy atom. The van der Waals surface area contributed by atoms with Gasteiger partial charge in [0.05, 0.1) is 40.9 Å². The number of hydrogen-bond donors (Lipinski definition) is 6. The minimum atomic E-state index is -1.81. The molecule has 4 aliphatic carbocycles. The number of carbonyl (C=O) groups is 2. The van der Waals surface area contributed by atoms with E-state index in [1.165, 1.54) is 0 Å². The van der Waals surface area contributed by atoms with E-state index in [-0.39, 0.29) is 48.7 Å². The van der Waals surface area contributed by atoms with Crippen LogP contribution >= 0.6 is 0 Å². The maximum absolute atomic E-state index is 14.6. The van der Waals surface area contributed by atoms with Crippen molar-refractivity contribution in [2.75, 3.05) is 33.5 Å². The number of ether oxygens (including phenoxy) is 3. The first-order valence-electron chi connectivity index (χ1n) is 22.7. The van der Waals surface area contributed by atoms with Gasteiger partial charge in [-0.15, -0.1) is 5.92 Å². The van der Waals surface area contributed by atoms with Gasteiger partial charge in [0.15, 0.2) is 5.78 Å². The molecule has 12 nitrogen and oxygen atoms in total. The molecule has 60 heavy (non-hydrogen) atoms. The number of aryl methyl sites for hydroxylation is 1. The summed E-state index contributed by atoms with van der Waals surface area (Å²) >= 11 is 0. The van der Waals surface area contributed by atoms with Crippen molar-refractivity contribution in [1.82, 2.24) is 10.2 Å². The van der Waals surface area contributed by atoms with Gasteiger partial charge in [-0.3, -0.25) is 14.9 Å². The Hall–Kier alpha value is -2.70. The van der Waals surface area contributed by atoms with Crippen LogP contribution < -0.4 is 5.32 Å². The summed E-state index contributed by atoms with van der Waals surface area (Å²) in [6.07, 6.45) is 3.13. The maximum atomic E-state index is 14.6. The largest absolute Gasteiger partial charge is 0.396 e. The molecule has 1 aromatic rings. The third-order valence-electron chi connectivity index (χ3n) is 17.7. The van der Waals surface area contributed by atoms with Crippen LogP contribution in [0.3, 0.4) is 0 Å². The van der Waals surface area contributed by atoms with Crippen molar-refractivity contribution in [3.63, 3.8) is 0 Å². The molecule has 6 fully saturated rings. The van der Waals surface area contributed by atoms with Crippen LogP contribution in [0.4, 0.5) is 0 Å². The van der Waals surface area contributed by atoms with Crippen LogP contribution in [0, 0.1) is 57.7 Å². The Morgan fingerprint density at radius 3 is 2.50 bits per heavy atom. The fourth-order valence-electron chi connectivity index (χ4n) is 14.2. The SMILES string of the molecule is COCCCOC1CCC2(C)C(C1)C(=O)C=C1C3(O)CCC4C(C)(O)C(O)C5OC6C(O)NC(C(=O)N7CC7CC#CC12CCC43C)C(CCc1ccccc1)C6C5CO. The predicted molar refractivity (Wildman–Crippen MR) is 221 cm³/mol. The quantitative estimate of drug-likeness (QED) is 0.123. The van der Waals surface area contributed by atoms with E-state index in [4.69, 9.17) is 14.2 Å². The van der Waals surface area contributed by atoms with Crippen LogP contribution in [0.15, 0.2) is 42.0 Å². The molecule has 3 saturated carbocycles. The number of piperidine rings is 1. The highest BCUT2D eigenvalue weighted by molar-refractivity contribution is 5.96. The monoisotopic (exact) mass is 830 g/mol. The van der Waals surface area contributed by atoms with Crippen molar-refractivity contribution in [1.29, 1.82) is 0 Å². The van der Waals surface area contributed by atoms with Crippen molar-refractivity contribution >= 4 is 11.7 Å². The molecule has 0 aromatic heterocycles. The Morgan fingerprint density at radius 2 is 1.75 bits per heavy atom. The van der Waals surface area contributed by atoms with Gasteiger partial charge in [0.1, 0.15) is 18.4 Å². The highest BCUT2D eigenvalue weighted by Crippen LogP contribution is 2.73. The van der Waals surface area contributed by atoms with Crippen LogP contribution in [0.2, 0.25) is 0 Å². The molecule has 5 aliphatic heterocycles. The zero-order chi connectivity index (χ0) is 42.4. The number of nitrogens with zero attached hydrogens (tertiary/aromatic N) is 1. The zero-order valence-corrected chi connectivity index (χ0v) is 35.7. The highest BCUT2D eigenvalue weighted by atomic mass is 16.5. The first-order valence-corrected chi connectivity index (χ1v) is 22.7. The smallest absolute Gasteiger partial charge is 0.240 e. The van der Waals surface area contributed by atoms with Crippen LogP contribution in [0.1, 0.15) is 90.5 Å². The average molecular weight is 831 g/mol. The zero-order valence-electron chi connectivity index (χ0n) is 35.7. The van der Waals surface area contributed by atoms with E-state index < -0.39 is 75.8 Å². The minimum absolute atomic E-state index is 0.0244. The molecule has 3 saturated heterocycles. The summed E-state index contributed by atoms with van der Waals surface area (Å²) in [5.41, 5.74) is -3.97. The molecule has 6 N–H and O–H groups in total. The van der Waals surface area contributed by atoms with Gasteiger partial charge >= 0.3 is 0 Å². The van der Waals surface area contributed by atoms with Crippen molar-refractivity contribution in [3.8, 4) is 11.8 Å². The number of nitrogens with one attached hydrogen (secondary N) is 1. The number of hydrogen-bond acceptors (Lipinski definition) is 11. The van der Waals surface area contributed by atoms with Crippen molar-refractivity contribution < 1.29 is 49.3 Å². The van der Waals surface area contributed by atoms with E-state index in [0.29, 0.717) is 76.7 Å². The third-order valence-corrected chi connectivity index (χ3v) is 17.7. The van der Waals surface area contributed by atoms with Crippen LogP contribution in [0.25, 0.3) is 0 Å². The van der Waals surface area contributed by atoms with Gasteiger partial charge in [-0.05, 0) is 106 Å². The number of benzene rings is 1. The first-order chi connectivity index (χ1) is 28.6. The first kappa shape index (κ1) is 42.6. The Kier molecular flexibility index (Phi) is 11.0. The number of rotatable bonds is 9. The number of aliphatic hydroxyl groups excluding tert-OH is 3. The van der Waals surface area contributed by atoms with Gasteiger partial charge in [-0.2, -0.15) is 0 Å². The van der Waals surface area contributed by atoms with E-state index in [2.05, 4.69) is 24.1 Å². The number of ketones is 1. The molecular weight excluding hydrogens is 765 g/mol. The van der Waals surface area contributed by atoms with E-state index >= 15 is 0 Å². The summed E-state index contributed by atoms with van der Waals surface area (Å²) in [5.74, 6) is 4.64. The lowest BCUT2D eigenvalue weighted by Gasteiger charge is -2.64. The lowest BCUT2D eigenvalue weighted by atomic mass is 9.39. The van der Waals surface area contributed by atoms with Gasteiger partial charge in [-0.1, -0.05) is 50.1 Å². The number of allylic oxidation sites excluding steroid dienone is 1. The second kappa shape index (κ2) is 15.5. The predicted octanol–water partition coefficient (Wildman–Crippen LogP) is 2.91. The highest BCUT2D eigenvalue weighted by Gasteiger charge is 2.74. The van der Waals surface area contributed by atoms with Crippen LogP contribution in [0.5, 0.6) is 0 Å². The standard InChI is InChI=1S/C48H66N2O10/c1-44-18-15-30(59-23-9-22-58-4)24-33(44)34(52)25-36-47(44)17-8-12-29-26-50(29)43(55)38-31(14-13-28-10-6-5-7-11-28)37-32(27-51)39(60-40(37)42(54)49-38)41(53)46(3,56)35-16-19-48(36,57)45(35,2)20-21-47/h5-7,10-11,25,29-33,35,37-42,49,51,53-54,56-57H,9,12-16,18-24,26-27H2,1-4H3. The fraction of sp³-hybridized carbons (Fsp3) is 0.750. The molecule has 7 bridgehead atoms. The van der Waals surface area contributed by atoms with Gasteiger partial charge in [-0.25, -0.2) is 0 Å². The lowest BCUT2D eigenvalue weighted by molar-refractivity contribution is -0.206. The summed E-state index contributed by atoms with van der Waals surface area (Å²) in [6.45, 7) is 7.09. The van der Waals surface area contributed by atoms with Crippen molar-refractivity contribution in [2.45, 2.75) is 145 Å². The number of aliphatic hydroxyl groups is 5. The number of fused-ring (bicyclic) bond motifs is 4. The molecule has 12 heteroatoms. The molecule has 1 spiro atoms. The number of carbonyl (C=O) groups excluding carboxylic acids is 2. The second-order valence-electron chi connectivity index (χ2n) is 20.4. The minimum Gasteiger partial charge on any atom is -0.396 e.